The Labute approximate surface area is 639 Å². The number of aryl methyl sites for hydroxylation is 1. The van der Waals surface area contributed by atoms with Gasteiger partial charge in [0.15, 0.2) is 0 Å². The molecule has 0 radical (unpaired) electrons. The minimum absolute atomic E-state index is 0.0991. The van der Waals surface area contributed by atoms with Crippen molar-refractivity contribution in [3.63, 3.8) is 0 Å². The molecule has 2 saturated heterocycles. The van der Waals surface area contributed by atoms with Crippen molar-refractivity contribution in [1.82, 2.24) is 79.6 Å². The lowest BCUT2D eigenvalue weighted by atomic mass is 9.78. The number of amides is 6. The number of nitrogens with zero attached hydrogens (tertiary/aromatic N) is 14. The van der Waals surface area contributed by atoms with Crippen LogP contribution in [0.25, 0.3) is 67.3 Å². The molecule has 27 nitrogen and oxygen atoms in total. The average Bonchev–Trinajstić information content (AvgIpc) is 1.75. The van der Waals surface area contributed by atoms with Gasteiger partial charge in [-0.3, -0.25) is 33.4 Å². The van der Waals surface area contributed by atoms with Crippen molar-refractivity contribution in [2.75, 3.05) is 142 Å². The topological polar surface area (TPSA) is 302 Å². The van der Waals surface area contributed by atoms with Gasteiger partial charge >= 0.3 is 0 Å². The van der Waals surface area contributed by atoms with Gasteiger partial charge < -0.3 is 74.7 Å². The van der Waals surface area contributed by atoms with Crippen LogP contribution in [0.1, 0.15) is 131 Å². The van der Waals surface area contributed by atoms with Crippen molar-refractivity contribution in [3.05, 3.63) is 114 Å². The number of fused-ring (bicyclic) bond motifs is 3. The third-order valence-corrected chi connectivity index (χ3v) is 20.1. The van der Waals surface area contributed by atoms with Crippen LogP contribution >= 0.6 is 0 Å². The van der Waals surface area contributed by atoms with E-state index in [1.807, 2.05) is 57.2 Å². The number of ether oxygens (including phenoxy) is 2. The highest BCUT2D eigenvalue weighted by Crippen LogP contribution is 2.43. The summed E-state index contributed by atoms with van der Waals surface area (Å²) in [7, 11) is 4.32. The lowest BCUT2D eigenvalue weighted by Crippen LogP contribution is -2.50. The van der Waals surface area contributed by atoms with E-state index in [9.17, 15) is 28.8 Å². The number of carbonyl (C=O) groups excluding carboxylic acids is 6. The second kappa shape index (κ2) is 36.2. The predicted molar refractivity (Wildman–Crippen MR) is 427 cm³/mol. The lowest BCUT2D eigenvalue weighted by Gasteiger charge is -2.34. The number of carbonyl (C=O) groups is 6. The molecule has 582 valence electrons. The zero-order valence-corrected chi connectivity index (χ0v) is 65.6. The molecule has 0 unspecified atom stereocenters. The number of H-pyrrole nitrogens is 3. The lowest BCUT2D eigenvalue weighted by molar-refractivity contribution is -0.146. The number of primary amides is 1. The van der Waals surface area contributed by atoms with Crippen LogP contribution < -0.4 is 30.3 Å². The van der Waals surface area contributed by atoms with Gasteiger partial charge in [0, 0.05) is 137 Å². The number of nitrogens with two attached hydrogens (primary N) is 1. The van der Waals surface area contributed by atoms with E-state index in [1.54, 1.807) is 10.9 Å². The van der Waals surface area contributed by atoms with Crippen LogP contribution in [-0.2, 0) is 52.7 Å². The van der Waals surface area contributed by atoms with Crippen molar-refractivity contribution < 1.29 is 38.2 Å². The van der Waals surface area contributed by atoms with E-state index in [0.29, 0.717) is 82.0 Å². The molecule has 0 saturated carbocycles. The minimum atomic E-state index is -0.751. The van der Waals surface area contributed by atoms with E-state index in [-0.39, 0.29) is 87.3 Å². The molecule has 6 amide bonds. The first-order valence-corrected chi connectivity index (χ1v) is 38.8. The third-order valence-electron chi connectivity index (χ3n) is 20.1. The summed E-state index contributed by atoms with van der Waals surface area (Å²) < 4.78 is 14.5. The maximum atomic E-state index is 14.2. The van der Waals surface area contributed by atoms with Crippen LogP contribution in [0.4, 0.5) is 11.4 Å². The van der Waals surface area contributed by atoms with E-state index in [0.717, 1.165) is 131 Å². The first kappa shape index (κ1) is 79.6. The summed E-state index contributed by atoms with van der Waals surface area (Å²) in [6, 6.07) is 31.0. The quantitative estimate of drug-likeness (QED) is 0.0231. The summed E-state index contributed by atoms with van der Waals surface area (Å²) in [5, 5.41) is 11.5. The second-order valence-corrected chi connectivity index (χ2v) is 31.1. The number of piperazine rings is 2. The fourth-order valence-electron chi connectivity index (χ4n) is 14.0. The number of anilines is 2. The standard InChI is InChI=1S/C82H111N19O8/c1-12-30-97(73(104)22-17-42-108-62-20-15-19-56(44-62)78-85-65-26-23-57(47-68(65)88-78)79-86-66-27-24-60(48-69(66)89-79)95-38-34-93(10)35-39-95)53-74(105)98(31-13-2)54-75(106)99(32-14-3)55-76(107)100(52-71(83)102)50-59-51-101(92-91-59)33-18-29-84-72(103)21-16-43-109-77-63(81(4,5)6)45-58(46-64(77)82(7,8)9)80-87-67-28-25-61(49-70(67)90-80)96-40-36-94(11)37-41-96/h15,19-20,23-28,44-49,51H,12-14,16-18,21-22,29-43,50,52-55H2,1-11H3,(H2,83,102)(H,84,103)(H,85,88)(H,86,89)(H,87,90). The first-order valence-electron chi connectivity index (χ1n) is 38.8. The number of aromatic nitrogens is 9. The molecular formula is C82H111N19O8. The van der Waals surface area contributed by atoms with E-state index < -0.39 is 24.3 Å². The van der Waals surface area contributed by atoms with Crippen molar-refractivity contribution in [1.29, 1.82) is 0 Å². The van der Waals surface area contributed by atoms with Crippen LogP contribution in [0.15, 0.2) is 97.2 Å². The van der Waals surface area contributed by atoms with Crippen LogP contribution in [-0.4, -0.2) is 242 Å². The van der Waals surface area contributed by atoms with Crippen LogP contribution in [0, 0.1) is 0 Å². The van der Waals surface area contributed by atoms with Gasteiger partial charge in [-0.2, -0.15) is 0 Å². The molecule has 0 aliphatic carbocycles. The maximum absolute atomic E-state index is 14.2. The summed E-state index contributed by atoms with van der Waals surface area (Å²) in [5.41, 5.74) is 18.3. The molecule has 27 heteroatoms. The predicted octanol–water partition coefficient (Wildman–Crippen LogP) is 9.76. The molecule has 0 bridgehead atoms. The number of benzene rings is 5. The van der Waals surface area contributed by atoms with Gasteiger partial charge in [0.05, 0.1) is 85.2 Å². The molecule has 0 spiro atoms. The molecule has 2 aliphatic heterocycles. The fraction of sp³-hybridized carbons (Fsp3) is 0.500. The Bertz CT molecular complexity index is 4590. The van der Waals surface area contributed by atoms with Gasteiger partial charge in [0.25, 0.3) is 0 Å². The van der Waals surface area contributed by atoms with Gasteiger partial charge in [-0.15, -0.1) is 5.10 Å². The number of aromatic amines is 3. The maximum Gasteiger partial charge on any atom is 0.243 e. The van der Waals surface area contributed by atoms with Gasteiger partial charge in [0.1, 0.15) is 34.7 Å². The average molecular weight is 1490 g/mol. The molecule has 5 aromatic carbocycles. The SMILES string of the molecule is CCCN(CC(=O)N(CCC)CC(=O)N(CCC)CC(=O)N(CC(N)=O)Cc1cn(CCCNC(=O)CCCOc2c(C(C)(C)C)cc(-c3nc4ccc(N5CCN(C)CC5)cc4[nH]3)cc2C(C)(C)C)nn1)C(=O)CCCOc1cccc(-c2nc3ccc(-c4nc5ccc(N6CCN(C)CC6)cc5[nH]4)cc3[nH]2)c1. The number of likely N-dealkylation sites (N-methyl/N-ethyl adjacent to an activating group) is 2. The Kier molecular flexibility index (Phi) is 26.4. The van der Waals surface area contributed by atoms with Crippen molar-refractivity contribution >= 4 is 79.9 Å². The van der Waals surface area contributed by atoms with Crippen molar-refractivity contribution in [2.24, 2.45) is 5.73 Å². The number of hydrogen-bond donors (Lipinski definition) is 5. The van der Waals surface area contributed by atoms with Gasteiger partial charge in [-0.05, 0) is 142 Å². The molecule has 6 heterocycles. The smallest absolute Gasteiger partial charge is 0.243 e. The normalized spacial score (nSPS) is 13.9. The number of nitrogens with one attached hydrogen (secondary N) is 4. The Morgan fingerprint density at radius 2 is 1.00 bits per heavy atom. The Hall–Kier alpha value is -10.4. The zero-order valence-electron chi connectivity index (χ0n) is 65.6. The summed E-state index contributed by atoms with van der Waals surface area (Å²) in [6.45, 7) is 27.7. The van der Waals surface area contributed by atoms with Gasteiger partial charge in [-0.25, -0.2) is 15.0 Å². The van der Waals surface area contributed by atoms with E-state index in [4.69, 9.17) is 30.2 Å². The Balaban J connectivity index is 0.612. The number of rotatable bonds is 35. The van der Waals surface area contributed by atoms with E-state index in [2.05, 4.69) is 160 Å². The largest absolute Gasteiger partial charge is 0.494 e. The van der Waals surface area contributed by atoms with Crippen molar-refractivity contribution in [2.45, 2.75) is 138 Å². The fourth-order valence-corrected chi connectivity index (χ4v) is 14.0. The van der Waals surface area contributed by atoms with E-state index in [1.165, 1.54) is 31.0 Å². The summed E-state index contributed by atoms with van der Waals surface area (Å²) in [6.07, 6.45) is 5.19. The molecule has 6 N–H and O–H groups in total. The summed E-state index contributed by atoms with van der Waals surface area (Å²) in [4.78, 5) is 122. The monoisotopic (exact) mass is 1490 g/mol. The van der Waals surface area contributed by atoms with Gasteiger partial charge in [0.2, 0.25) is 35.4 Å². The zero-order chi connectivity index (χ0) is 77.5. The third kappa shape index (κ3) is 21.1. The molecule has 109 heavy (non-hydrogen) atoms. The van der Waals surface area contributed by atoms with Crippen LogP contribution in [0.2, 0.25) is 0 Å². The molecule has 2 aliphatic rings. The molecular weight excluding hydrogens is 1380 g/mol. The summed E-state index contributed by atoms with van der Waals surface area (Å²) in [5.74, 6) is 1.29. The van der Waals surface area contributed by atoms with Crippen molar-refractivity contribution in [3.8, 4) is 45.7 Å². The minimum Gasteiger partial charge on any atom is -0.494 e. The number of imidazole rings is 3. The molecule has 9 aromatic rings. The highest BCUT2D eigenvalue weighted by molar-refractivity contribution is 5.92. The molecule has 4 aromatic heterocycles. The van der Waals surface area contributed by atoms with Crippen LogP contribution in [0.3, 0.4) is 0 Å². The molecule has 2 fully saturated rings. The molecule has 11 rings (SSSR count). The van der Waals surface area contributed by atoms with Gasteiger partial charge in [-0.1, -0.05) is 79.7 Å². The summed E-state index contributed by atoms with van der Waals surface area (Å²) >= 11 is 0. The molecule has 0 atom stereocenters. The van der Waals surface area contributed by atoms with Crippen LogP contribution in [0.5, 0.6) is 11.5 Å². The number of hydrogen-bond acceptors (Lipinski definition) is 17. The second-order valence-electron chi connectivity index (χ2n) is 31.1. The highest BCUT2D eigenvalue weighted by Gasteiger charge is 2.31. The van der Waals surface area contributed by atoms with E-state index >= 15 is 0 Å². The Morgan fingerprint density at radius 1 is 0.523 bits per heavy atom. The Morgan fingerprint density at radius 3 is 1.52 bits per heavy atom. The highest BCUT2D eigenvalue weighted by atomic mass is 16.5. The first-order chi connectivity index (χ1) is 52.3.